The summed E-state index contributed by atoms with van der Waals surface area (Å²) in [6.45, 7) is 4.71. The van der Waals surface area contributed by atoms with Crippen molar-refractivity contribution in [1.29, 1.82) is 0 Å². The fraction of sp³-hybridized carbons (Fsp3) is 0.435. The van der Waals surface area contributed by atoms with E-state index >= 15 is 0 Å². The summed E-state index contributed by atoms with van der Waals surface area (Å²) >= 11 is 0. The van der Waals surface area contributed by atoms with Crippen LogP contribution in [0.3, 0.4) is 0 Å². The third-order valence-electron chi connectivity index (χ3n) is 5.32. The van der Waals surface area contributed by atoms with Crippen molar-refractivity contribution < 1.29 is 19.5 Å². The van der Waals surface area contributed by atoms with Crippen molar-refractivity contribution in [2.45, 2.75) is 32.3 Å². The number of aliphatic hydroxyl groups excluding tert-OH is 1. The minimum atomic E-state index is -0.476. The van der Waals surface area contributed by atoms with Gasteiger partial charge in [-0.15, -0.1) is 0 Å². The number of carbonyl (C=O) groups excluding carboxylic acids is 1. The number of hydrogen-bond acceptors (Lipinski definition) is 3. The zero-order chi connectivity index (χ0) is 19.8. The normalized spacial score (nSPS) is 20.4. The van der Waals surface area contributed by atoms with Crippen LogP contribution in [0.25, 0.3) is 0 Å². The quantitative estimate of drug-likeness (QED) is 0.653. The molecule has 1 heterocycles. The number of quaternary nitrogens is 1. The summed E-state index contributed by atoms with van der Waals surface area (Å²) in [6.07, 6.45) is 3.11. The number of amides is 1. The van der Waals surface area contributed by atoms with E-state index in [4.69, 9.17) is 4.74 Å². The maximum absolute atomic E-state index is 11.0. The van der Waals surface area contributed by atoms with E-state index in [2.05, 4.69) is 35.6 Å². The zero-order valence-corrected chi connectivity index (χ0v) is 16.6. The Morgan fingerprint density at radius 2 is 1.82 bits per heavy atom. The van der Waals surface area contributed by atoms with Gasteiger partial charge in [0.2, 0.25) is 5.91 Å². The van der Waals surface area contributed by atoms with Crippen molar-refractivity contribution in [3.63, 3.8) is 0 Å². The maximum atomic E-state index is 11.0. The highest BCUT2D eigenvalue weighted by Gasteiger charge is 2.24. The lowest BCUT2D eigenvalue weighted by atomic mass is 9.90. The lowest BCUT2D eigenvalue weighted by Crippen LogP contribution is -3.14. The van der Waals surface area contributed by atoms with Crippen LogP contribution >= 0.6 is 0 Å². The molecule has 0 aromatic heterocycles. The fourth-order valence-corrected chi connectivity index (χ4v) is 3.86. The number of benzene rings is 2. The second-order valence-electron chi connectivity index (χ2n) is 7.76. The highest BCUT2D eigenvalue weighted by atomic mass is 16.5. The molecule has 0 saturated carbocycles. The predicted octanol–water partition coefficient (Wildman–Crippen LogP) is 1.92. The van der Waals surface area contributed by atoms with Gasteiger partial charge in [-0.1, -0.05) is 30.3 Å². The van der Waals surface area contributed by atoms with Crippen LogP contribution in [-0.4, -0.2) is 43.4 Å². The number of ether oxygens (including phenoxy) is 1. The molecule has 28 heavy (non-hydrogen) atoms. The van der Waals surface area contributed by atoms with Crippen molar-refractivity contribution in [3.8, 4) is 5.75 Å². The van der Waals surface area contributed by atoms with Crippen LogP contribution in [0, 0.1) is 5.92 Å². The summed E-state index contributed by atoms with van der Waals surface area (Å²) in [6, 6.07) is 17.9. The lowest BCUT2D eigenvalue weighted by Gasteiger charge is -2.30. The smallest absolute Gasteiger partial charge is 0.221 e. The number of rotatable bonds is 8. The number of carbonyl (C=O) groups is 1. The molecule has 3 N–H and O–H groups in total. The first-order chi connectivity index (χ1) is 13.6. The molecule has 2 aromatic rings. The Morgan fingerprint density at radius 3 is 2.46 bits per heavy atom. The largest absolute Gasteiger partial charge is 0.491 e. The molecule has 150 valence electrons. The van der Waals surface area contributed by atoms with Crippen LogP contribution in [0.5, 0.6) is 5.75 Å². The average Bonchev–Trinajstić information content (AvgIpc) is 2.69. The molecule has 1 aliphatic rings. The van der Waals surface area contributed by atoms with E-state index < -0.39 is 6.10 Å². The minimum absolute atomic E-state index is 0.0976. The highest BCUT2D eigenvalue weighted by molar-refractivity contribution is 5.88. The number of likely N-dealkylation sites (tertiary alicyclic amines) is 1. The summed E-state index contributed by atoms with van der Waals surface area (Å²) in [5.74, 6) is 1.35. The van der Waals surface area contributed by atoms with E-state index in [0.29, 0.717) is 5.75 Å². The molecule has 0 aliphatic carbocycles. The molecule has 1 aliphatic heterocycles. The molecule has 0 bridgehead atoms. The van der Waals surface area contributed by atoms with Crippen LogP contribution in [-0.2, 0) is 11.2 Å². The first-order valence-corrected chi connectivity index (χ1v) is 10.1. The molecule has 0 spiro atoms. The van der Waals surface area contributed by atoms with Gasteiger partial charge in [-0.05, 0) is 55.0 Å². The molecular formula is C23H31N2O3+. The maximum Gasteiger partial charge on any atom is 0.221 e. The average molecular weight is 384 g/mol. The first-order valence-electron chi connectivity index (χ1n) is 10.1. The van der Waals surface area contributed by atoms with Crippen LogP contribution in [0.15, 0.2) is 54.6 Å². The van der Waals surface area contributed by atoms with Crippen LogP contribution in [0.2, 0.25) is 0 Å². The molecule has 2 aromatic carbocycles. The van der Waals surface area contributed by atoms with Crippen LogP contribution in [0.4, 0.5) is 5.69 Å². The Morgan fingerprint density at radius 1 is 1.14 bits per heavy atom. The zero-order valence-electron chi connectivity index (χ0n) is 16.6. The summed E-state index contributed by atoms with van der Waals surface area (Å²) in [7, 11) is 0. The van der Waals surface area contributed by atoms with Gasteiger partial charge in [0.25, 0.3) is 0 Å². The van der Waals surface area contributed by atoms with Gasteiger partial charge in [-0.25, -0.2) is 0 Å². The number of nitrogens with one attached hydrogen (secondary N) is 2. The number of piperidine rings is 1. The predicted molar refractivity (Wildman–Crippen MR) is 111 cm³/mol. The Hall–Kier alpha value is -2.37. The molecule has 0 unspecified atom stereocenters. The molecule has 1 amide bonds. The first kappa shape index (κ1) is 20.4. The van der Waals surface area contributed by atoms with E-state index in [1.165, 1.54) is 30.2 Å². The third-order valence-corrected chi connectivity index (χ3v) is 5.32. The number of hydrogen-bond donors (Lipinski definition) is 3. The van der Waals surface area contributed by atoms with Gasteiger partial charge in [0.15, 0.2) is 0 Å². The molecular weight excluding hydrogens is 352 g/mol. The Bertz CT molecular complexity index is 725. The van der Waals surface area contributed by atoms with Gasteiger partial charge in [-0.2, -0.15) is 0 Å². The topological polar surface area (TPSA) is 63.0 Å². The second-order valence-corrected chi connectivity index (χ2v) is 7.76. The molecule has 1 saturated heterocycles. The van der Waals surface area contributed by atoms with Gasteiger partial charge in [0.1, 0.15) is 25.0 Å². The molecule has 1 atom stereocenters. The lowest BCUT2D eigenvalue weighted by molar-refractivity contribution is -0.909. The molecule has 5 heteroatoms. The highest BCUT2D eigenvalue weighted by Crippen LogP contribution is 2.17. The van der Waals surface area contributed by atoms with Crippen molar-refractivity contribution >= 4 is 11.6 Å². The van der Waals surface area contributed by atoms with Gasteiger partial charge < -0.3 is 20.1 Å². The SMILES string of the molecule is CC(=O)Nc1ccc(OC[C@H](O)C[NH+]2CCC(Cc3ccccc3)CC2)cc1. The number of anilines is 1. The van der Waals surface area contributed by atoms with Crippen LogP contribution in [0.1, 0.15) is 25.3 Å². The monoisotopic (exact) mass is 383 g/mol. The van der Waals surface area contributed by atoms with E-state index in [1.54, 1.807) is 24.3 Å². The Labute approximate surface area is 167 Å². The Balaban J connectivity index is 1.35. The minimum Gasteiger partial charge on any atom is -0.491 e. The molecule has 3 rings (SSSR count). The van der Waals surface area contributed by atoms with E-state index in [-0.39, 0.29) is 12.5 Å². The van der Waals surface area contributed by atoms with Crippen molar-refractivity contribution in [2.75, 3.05) is 31.6 Å². The third kappa shape index (κ3) is 6.66. The fourth-order valence-electron chi connectivity index (χ4n) is 3.86. The standard InChI is InChI=1S/C23H30N2O3/c1-18(26)24-21-7-9-23(10-8-21)28-17-22(27)16-25-13-11-20(12-14-25)15-19-5-3-2-4-6-19/h2-10,20,22,27H,11-17H2,1H3,(H,24,26)/p+1/t22-/m1/s1. The number of aliphatic hydroxyl groups is 1. The summed E-state index contributed by atoms with van der Waals surface area (Å²) in [4.78, 5) is 12.5. The van der Waals surface area contributed by atoms with Crippen molar-refractivity contribution in [1.82, 2.24) is 0 Å². The van der Waals surface area contributed by atoms with E-state index in [9.17, 15) is 9.90 Å². The van der Waals surface area contributed by atoms with Crippen molar-refractivity contribution in [3.05, 3.63) is 60.2 Å². The summed E-state index contributed by atoms with van der Waals surface area (Å²) in [5, 5.41) is 13.1. The van der Waals surface area contributed by atoms with E-state index in [1.807, 2.05) is 0 Å². The van der Waals surface area contributed by atoms with Gasteiger partial charge >= 0.3 is 0 Å². The molecule has 0 radical (unpaired) electrons. The second kappa shape index (κ2) is 10.2. The van der Waals surface area contributed by atoms with Gasteiger partial charge in [0, 0.05) is 12.6 Å². The Kier molecular flexibility index (Phi) is 7.46. The van der Waals surface area contributed by atoms with Gasteiger partial charge in [0.05, 0.1) is 13.1 Å². The summed E-state index contributed by atoms with van der Waals surface area (Å²) < 4.78 is 5.69. The van der Waals surface area contributed by atoms with Crippen molar-refractivity contribution in [2.24, 2.45) is 5.92 Å². The summed E-state index contributed by atoms with van der Waals surface area (Å²) in [5.41, 5.74) is 2.16. The van der Waals surface area contributed by atoms with Gasteiger partial charge in [-0.3, -0.25) is 4.79 Å². The molecule has 1 fully saturated rings. The molecule has 5 nitrogen and oxygen atoms in total. The van der Waals surface area contributed by atoms with Crippen LogP contribution < -0.4 is 15.0 Å². The van der Waals surface area contributed by atoms with E-state index in [0.717, 1.165) is 37.7 Å².